The number of fused-ring (bicyclic) bond motifs is 1. The normalized spacial score (nSPS) is 17.0. The fourth-order valence-corrected chi connectivity index (χ4v) is 2.39. The standard InChI is InChI=1S/C16H11FO4/c17-12-4-1-9(2-5-12)14-8-11-7-10(15(18)19)3-6-13(11)16(20)21-14/h1-7,14H,8H2,(H,18,19). The van der Waals surface area contributed by atoms with Crippen molar-refractivity contribution in [1.82, 2.24) is 0 Å². The van der Waals surface area contributed by atoms with Crippen LogP contribution in [0.5, 0.6) is 0 Å². The SMILES string of the molecule is O=C(O)c1ccc2c(c1)CC(c1ccc(F)cc1)OC2=O. The van der Waals surface area contributed by atoms with Gasteiger partial charge in [-0.15, -0.1) is 0 Å². The zero-order valence-corrected chi connectivity index (χ0v) is 10.9. The van der Waals surface area contributed by atoms with E-state index in [1.165, 1.54) is 30.3 Å². The minimum Gasteiger partial charge on any atom is -0.478 e. The van der Waals surface area contributed by atoms with E-state index >= 15 is 0 Å². The molecule has 0 bridgehead atoms. The second-order valence-corrected chi connectivity index (χ2v) is 4.83. The molecule has 1 aliphatic heterocycles. The van der Waals surface area contributed by atoms with Crippen molar-refractivity contribution in [2.45, 2.75) is 12.5 Å². The number of aromatic carboxylic acids is 1. The van der Waals surface area contributed by atoms with Gasteiger partial charge in [-0.2, -0.15) is 0 Å². The van der Waals surface area contributed by atoms with Crippen LogP contribution in [0, 0.1) is 5.82 Å². The van der Waals surface area contributed by atoms with Crippen molar-refractivity contribution in [3.05, 3.63) is 70.5 Å². The van der Waals surface area contributed by atoms with Gasteiger partial charge in [-0.05, 0) is 41.5 Å². The molecular weight excluding hydrogens is 275 g/mol. The Morgan fingerprint density at radius 1 is 1.19 bits per heavy atom. The Hall–Kier alpha value is -2.69. The van der Waals surface area contributed by atoms with Gasteiger partial charge in [0, 0.05) is 6.42 Å². The van der Waals surface area contributed by atoms with Crippen molar-refractivity contribution in [1.29, 1.82) is 0 Å². The van der Waals surface area contributed by atoms with Crippen molar-refractivity contribution in [2.75, 3.05) is 0 Å². The molecule has 0 saturated heterocycles. The molecule has 0 aliphatic carbocycles. The quantitative estimate of drug-likeness (QED) is 0.862. The molecule has 0 spiro atoms. The summed E-state index contributed by atoms with van der Waals surface area (Å²) in [5.41, 5.74) is 1.80. The molecule has 0 radical (unpaired) electrons. The largest absolute Gasteiger partial charge is 0.478 e. The van der Waals surface area contributed by atoms with Gasteiger partial charge in [0.15, 0.2) is 0 Å². The van der Waals surface area contributed by atoms with Crippen molar-refractivity contribution in [3.63, 3.8) is 0 Å². The van der Waals surface area contributed by atoms with Crippen LogP contribution >= 0.6 is 0 Å². The van der Waals surface area contributed by atoms with Gasteiger partial charge in [-0.3, -0.25) is 0 Å². The maximum Gasteiger partial charge on any atom is 0.339 e. The minimum atomic E-state index is -1.05. The number of halogens is 1. The van der Waals surface area contributed by atoms with E-state index in [1.807, 2.05) is 0 Å². The molecule has 5 heteroatoms. The number of hydrogen-bond donors (Lipinski definition) is 1. The molecule has 1 N–H and O–H groups in total. The maximum atomic E-state index is 12.9. The van der Waals surface area contributed by atoms with Gasteiger partial charge in [0.1, 0.15) is 11.9 Å². The zero-order valence-electron chi connectivity index (χ0n) is 10.9. The van der Waals surface area contributed by atoms with Crippen molar-refractivity contribution < 1.29 is 23.8 Å². The molecule has 1 atom stereocenters. The third kappa shape index (κ3) is 2.50. The highest BCUT2D eigenvalue weighted by molar-refractivity contribution is 5.95. The molecule has 2 aromatic carbocycles. The first kappa shape index (κ1) is 13.3. The van der Waals surface area contributed by atoms with Crippen LogP contribution in [0.25, 0.3) is 0 Å². The van der Waals surface area contributed by atoms with Crippen LogP contribution in [-0.4, -0.2) is 17.0 Å². The summed E-state index contributed by atoms with van der Waals surface area (Å²) in [5.74, 6) is -1.91. The lowest BCUT2D eigenvalue weighted by atomic mass is 9.93. The number of cyclic esters (lactones) is 1. The molecule has 2 aromatic rings. The molecule has 0 amide bonds. The van der Waals surface area contributed by atoms with E-state index in [1.54, 1.807) is 12.1 Å². The van der Waals surface area contributed by atoms with E-state index in [-0.39, 0.29) is 11.4 Å². The highest BCUT2D eigenvalue weighted by Gasteiger charge is 2.28. The Kier molecular flexibility index (Phi) is 3.17. The number of carboxylic acids is 1. The highest BCUT2D eigenvalue weighted by Crippen LogP contribution is 2.31. The molecule has 1 unspecified atom stereocenters. The average Bonchev–Trinajstić information content (AvgIpc) is 2.47. The van der Waals surface area contributed by atoms with Gasteiger partial charge in [0.25, 0.3) is 0 Å². The average molecular weight is 286 g/mol. The molecule has 0 saturated carbocycles. The van der Waals surface area contributed by atoms with Crippen molar-refractivity contribution >= 4 is 11.9 Å². The van der Waals surface area contributed by atoms with E-state index in [4.69, 9.17) is 9.84 Å². The summed E-state index contributed by atoms with van der Waals surface area (Å²) in [4.78, 5) is 23.0. The number of hydrogen-bond acceptors (Lipinski definition) is 3. The van der Waals surface area contributed by atoms with E-state index in [2.05, 4.69) is 0 Å². The molecule has 4 nitrogen and oxygen atoms in total. The monoisotopic (exact) mass is 286 g/mol. The lowest BCUT2D eigenvalue weighted by Crippen LogP contribution is -2.22. The fourth-order valence-electron chi connectivity index (χ4n) is 2.39. The molecule has 3 rings (SSSR count). The maximum absolute atomic E-state index is 12.9. The number of carboxylic acid groups (broad SMARTS) is 1. The summed E-state index contributed by atoms with van der Waals surface area (Å²) >= 11 is 0. The van der Waals surface area contributed by atoms with Crippen molar-refractivity contribution in [3.8, 4) is 0 Å². The summed E-state index contributed by atoms with van der Waals surface area (Å²) < 4.78 is 18.3. The molecule has 0 fully saturated rings. The first-order chi connectivity index (χ1) is 10.0. The first-order valence-corrected chi connectivity index (χ1v) is 6.37. The van der Waals surface area contributed by atoms with Gasteiger partial charge >= 0.3 is 11.9 Å². The number of carbonyl (C=O) groups excluding carboxylic acids is 1. The van der Waals surface area contributed by atoms with Crippen LogP contribution in [0.4, 0.5) is 4.39 Å². The van der Waals surface area contributed by atoms with Crippen LogP contribution in [-0.2, 0) is 11.2 Å². The van der Waals surface area contributed by atoms with E-state index in [0.717, 1.165) is 0 Å². The predicted octanol–water partition coefficient (Wildman–Crippen LogP) is 2.98. The first-order valence-electron chi connectivity index (χ1n) is 6.37. The summed E-state index contributed by atoms with van der Waals surface area (Å²) in [5, 5.41) is 9.01. The van der Waals surface area contributed by atoms with Gasteiger partial charge in [0.05, 0.1) is 11.1 Å². The van der Waals surface area contributed by atoms with Gasteiger partial charge < -0.3 is 9.84 Å². The summed E-state index contributed by atoms with van der Waals surface area (Å²) in [7, 11) is 0. The Morgan fingerprint density at radius 2 is 1.90 bits per heavy atom. The molecular formula is C16H11FO4. The van der Waals surface area contributed by atoms with Gasteiger partial charge in [-0.1, -0.05) is 12.1 Å². The molecule has 21 heavy (non-hydrogen) atoms. The van der Waals surface area contributed by atoms with E-state index < -0.39 is 18.0 Å². The van der Waals surface area contributed by atoms with Crippen LogP contribution in [0.3, 0.4) is 0 Å². The number of benzene rings is 2. The van der Waals surface area contributed by atoms with Crippen LogP contribution < -0.4 is 0 Å². The molecule has 1 aliphatic rings. The summed E-state index contributed by atoms with van der Waals surface area (Å²) in [6.45, 7) is 0. The van der Waals surface area contributed by atoms with Gasteiger partial charge in [0.2, 0.25) is 0 Å². The van der Waals surface area contributed by atoms with Crippen LogP contribution in [0.1, 0.15) is 37.9 Å². The molecule has 1 heterocycles. The smallest absolute Gasteiger partial charge is 0.339 e. The second-order valence-electron chi connectivity index (χ2n) is 4.83. The number of rotatable bonds is 2. The van der Waals surface area contributed by atoms with Crippen LogP contribution in [0.2, 0.25) is 0 Å². The van der Waals surface area contributed by atoms with Crippen LogP contribution in [0.15, 0.2) is 42.5 Å². The number of esters is 1. The summed E-state index contributed by atoms with van der Waals surface area (Å²) in [6.07, 6.45) is -0.164. The Morgan fingerprint density at radius 3 is 2.57 bits per heavy atom. The topological polar surface area (TPSA) is 63.6 Å². The Balaban J connectivity index is 1.96. The zero-order chi connectivity index (χ0) is 15.0. The second kappa shape index (κ2) is 5.01. The third-order valence-electron chi connectivity index (χ3n) is 3.47. The number of ether oxygens (including phenoxy) is 1. The molecule has 0 aromatic heterocycles. The highest BCUT2D eigenvalue weighted by atomic mass is 19.1. The van der Waals surface area contributed by atoms with Gasteiger partial charge in [-0.25, -0.2) is 14.0 Å². The lowest BCUT2D eigenvalue weighted by molar-refractivity contribution is 0.0252. The predicted molar refractivity (Wildman–Crippen MR) is 71.7 cm³/mol. The fraction of sp³-hybridized carbons (Fsp3) is 0.125. The number of carbonyl (C=O) groups is 2. The third-order valence-corrected chi connectivity index (χ3v) is 3.47. The Labute approximate surface area is 119 Å². The minimum absolute atomic E-state index is 0.126. The van der Waals surface area contributed by atoms with Crippen molar-refractivity contribution in [2.24, 2.45) is 0 Å². The van der Waals surface area contributed by atoms with E-state index in [9.17, 15) is 14.0 Å². The molecule has 106 valence electrons. The summed E-state index contributed by atoms with van der Waals surface area (Å²) in [6, 6.07) is 10.0. The van der Waals surface area contributed by atoms with E-state index in [0.29, 0.717) is 23.1 Å². The lowest BCUT2D eigenvalue weighted by Gasteiger charge is -2.25. The Bertz CT molecular complexity index is 722.